The molecule has 0 bridgehead atoms. The Kier molecular flexibility index (Phi) is 4.64. The van der Waals surface area contributed by atoms with Gasteiger partial charge in [-0.15, -0.1) is 0 Å². The first-order chi connectivity index (χ1) is 9.60. The molecular weight excluding hydrogens is 274 g/mol. The van der Waals surface area contributed by atoms with Crippen LogP contribution in [0.1, 0.15) is 28.9 Å². The highest BCUT2D eigenvalue weighted by molar-refractivity contribution is 6.30. The summed E-state index contributed by atoms with van der Waals surface area (Å²) >= 11 is 5.88. The van der Waals surface area contributed by atoms with E-state index in [1.54, 1.807) is 31.4 Å². The zero-order valence-electron chi connectivity index (χ0n) is 11.4. The monoisotopic (exact) mass is 289 g/mol. The lowest BCUT2D eigenvalue weighted by molar-refractivity contribution is 0.0940. The molecule has 0 spiro atoms. The van der Waals surface area contributed by atoms with Gasteiger partial charge in [0.25, 0.3) is 5.91 Å². The van der Waals surface area contributed by atoms with Crippen LogP contribution in [-0.2, 0) is 0 Å². The average Bonchev–Trinajstić information content (AvgIpc) is 2.47. The quantitative estimate of drug-likeness (QED) is 0.929. The summed E-state index contributed by atoms with van der Waals surface area (Å²) in [6.45, 7) is 1.93. The van der Waals surface area contributed by atoms with Gasteiger partial charge in [0, 0.05) is 10.6 Å². The highest BCUT2D eigenvalue weighted by Gasteiger charge is 2.11. The maximum absolute atomic E-state index is 12.1. The van der Waals surface area contributed by atoms with Gasteiger partial charge < -0.3 is 10.1 Å². The van der Waals surface area contributed by atoms with Crippen molar-refractivity contribution < 1.29 is 9.53 Å². The van der Waals surface area contributed by atoms with E-state index in [9.17, 15) is 4.79 Å². The molecule has 0 heterocycles. The summed E-state index contributed by atoms with van der Waals surface area (Å²) in [6.07, 6.45) is 0. The highest BCUT2D eigenvalue weighted by atomic mass is 35.5. The van der Waals surface area contributed by atoms with Crippen LogP contribution in [0, 0.1) is 0 Å². The molecule has 2 aromatic rings. The summed E-state index contributed by atoms with van der Waals surface area (Å²) < 4.78 is 5.11. The van der Waals surface area contributed by atoms with Gasteiger partial charge in [0.05, 0.1) is 13.2 Å². The smallest absolute Gasteiger partial charge is 0.251 e. The minimum absolute atomic E-state index is 0.0904. The lowest BCUT2D eigenvalue weighted by Gasteiger charge is -2.15. The predicted molar refractivity (Wildman–Crippen MR) is 80.3 cm³/mol. The Morgan fingerprint density at radius 1 is 1.20 bits per heavy atom. The summed E-state index contributed by atoms with van der Waals surface area (Å²) in [5.41, 5.74) is 1.57. The first-order valence-electron chi connectivity index (χ1n) is 6.30. The van der Waals surface area contributed by atoms with E-state index in [0.29, 0.717) is 10.6 Å². The molecule has 104 valence electrons. The molecule has 2 rings (SSSR count). The number of carbonyl (C=O) groups is 1. The van der Waals surface area contributed by atoms with Crippen LogP contribution in [-0.4, -0.2) is 13.0 Å². The van der Waals surface area contributed by atoms with E-state index in [-0.39, 0.29) is 11.9 Å². The summed E-state index contributed by atoms with van der Waals surface area (Å²) in [5.74, 6) is 0.651. The second-order valence-corrected chi connectivity index (χ2v) is 4.92. The lowest BCUT2D eigenvalue weighted by atomic mass is 10.1. The summed E-state index contributed by atoms with van der Waals surface area (Å²) in [6, 6.07) is 14.4. The van der Waals surface area contributed by atoms with Crippen molar-refractivity contribution in [3.63, 3.8) is 0 Å². The van der Waals surface area contributed by atoms with Crippen LogP contribution in [0.15, 0.2) is 48.5 Å². The second-order valence-electron chi connectivity index (χ2n) is 4.48. The lowest BCUT2D eigenvalue weighted by Crippen LogP contribution is -2.26. The van der Waals surface area contributed by atoms with E-state index in [1.807, 2.05) is 31.2 Å². The maximum atomic E-state index is 12.1. The van der Waals surface area contributed by atoms with Crippen molar-refractivity contribution in [1.82, 2.24) is 5.32 Å². The third kappa shape index (κ3) is 3.52. The maximum Gasteiger partial charge on any atom is 0.251 e. The number of rotatable bonds is 4. The number of nitrogens with one attached hydrogen (secondary N) is 1. The molecule has 0 aliphatic carbocycles. The van der Waals surface area contributed by atoms with Gasteiger partial charge in [-0.05, 0) is 42.8 Å². The summed E-state index contributed by atoms with van der Waals surface area (Å²) in [5, 5.41) is 3.49. The molecule has 0 aliphatic rings. The van der Waals surface area contributed by atoms with E-state index in [4.69, 9.17) is 16.3 Å². The van der Waals surface area contributed by atoms with Crippen LogP contribution in [0.25, 0.3) is 0 Å². The Balaban J connectivity index is 2.06. The Bertz CT molecular complexity index is 596. The van der Waals surface area contributed by atoms with Crippen LogP contribution in [0.5, 0.6) is 5.75 Å². The van der Waals surface area contributed by atoms with Gasteiger partial charge in [0.2, 0.25) is 0 Å². The number of hydrogen-bond donors (Lipinski definition) is 1. The number of methoxy groups -OCH3 is 1. The van der Waals surface area contributed by atoms with Gasteiger partial charge >= 0.3 is 0 Å². The normalized spacial score (nSPS) is 11.8. The van der Waals surface area contributed by atoms with E-state index >= 15 is 0 Å². The Hall–Kier alpha value is -2.00. The van der Waals surface area contributed by atoms with Gasteiger partial charge in [-0.3, -0.25) is 4.79 Å². The Labute approximate surface area is 123 Å². The van der Waals surface area contributed by atoms with Gasteiger partial charge in [-0.2, -0.15) is 0 Å². The van der Waals surface area contributed by atoms with Gasteiger partial charge in [-0.25, -0.2) is 0 Å². The van der Waals surface area contributed by atoms with Crippen LogP contribution < -0.4 is 10.1 Å². The summed E-state index contributed by atoms with van der Waals surface area (Å²) in [7, 11) is 1.62. The van der Waals surface area contributed by atoms with E-state index < -0.39 is 0 Å². The van der Waals surface area contributed by atoms with Crippen molar-refractivity contribution in [2.24, 2.45) is 0 Å². The van der Waals surface area contributed by atoms with Crippen molar-refractivity contribution in [1.29, 1.82) is 0 Å². The van der Waals surface area contributed by atoms with Gasteiger partial charge in [0.1, 0.15) is 5.75 Å². The van der Waals surface area contributed by atoms with Crippen molar-refractivity contribution in [2.45, 2.75) is 13.0 Å². The van der Waals surface area contributed by atoms with Crippen LogP contribution in [0.4, 0.5) is 0 Å². The van der Waals surface area contributed by atoms with E-state index in [0.717, 1.165) is 11.3 Å². The second kappa shape index (κ2) is 6.44. The fraction of sp³-hybridized carbons (Fsp3) is 0.188. The van der Waals surface area contributed by atoms with Gasteiger partial charge in [0.15, 0.2) is 0 Å². The first-order valence-corrected chi connectivity index (χ1v) is 6.68. The molecule has 3 nitrogen and oxygen atoms in total. The van der Waals surface area contributed by atoms with Crippen molar-refractivity contribution in [3.8, 4) is 5.75 Å². The molecule has 0 saturated carbocycles. The molecule has 4 heteroatoms. The molecule has 0 aliphatic heterocycles. The minimum Gasteiger partial charge on any atom is -0.497 e. The Morgan fingerprint density at radius 3 is 2.50 bits per heavy atom. The van der Waals surface area contributed by atoms with Crippen molar-refractivity contribution >= 4 is 17.5 Å². The molecule has 2 aromatic carbocycles. The third-order valence-electron chi connectivity index (χ3n) is 3.05. The summed E-state index contributed by atoms with van der Waals surface area (Å²) in [4.78, 5) is 12.1. The molecule has 0 aromatic heterocycles. The molecule has 0 fully saturated rings. The topological polar surface area (TPSA) is 38.3 Å². The van der Waals surface area contributed by atoms with E-state index in [2.05, 4.69) is 5.32 Å². The molecule has 0 radical (unpaired) electrons. The average molecular weight is 290 g/mol. The molecule has 20 heavy (non-hydrogen) atoms. The number of amides is 1. The largest absolute Gasteiger partial charge is 0.497 e. The molecule has 1 N–H and O–H groups in total. The molecule has 0 unspecified atom stereocenters. The number of benzene rings is 2. The first kappa shape index (κ1) is 14.4. The highest BCUT2D eigenvalue weighted by Crippen LogP contribution is 2.18. The molecular formula is C16H16ClNO2. The van der Waals surface area contributed by atoms with Crippen LogP contribution in [0.3, 0.4) is 0 Å². The van der Waals surface area contributed by atoms with E-state index in [1.165, 1.54) is 0 Å². The zero-order chi connectivity index (χ0) is 14.5. The fourth-order valence-corrected chi connectivity index (χ4v) is 2.08. The molecule has 1 amide bonds. The number of halogens is 1. The third-order valence-corrected chi connectivity index (χ3v) is 3.29. The predicted octanol–water partition coefficient (Wildman–Crippen LogP) is 3.84. The minimum atomic E-state index is -0.143. The standard InChI is InChI=1S/C16H16ClNO2/c1-11(12-6-8-15(20-2)9-7-12)18-16(19)13-4-3-5-14(17)10-13/h3-11H,1-2H3,(H,18,19)/t11-/m1/s1. The fourth-order valence-electron chi connectivity index (χ4n) is 1.89. The van der Waals surface area contributed by atoms with Crippen molar-refractivity contribution in [3.05, 3.63) is 64.7 Å². The number of hydrogen-bond acceptors (Lipinski definition) is 2. The number of ether oxygens (including phenoxy) is 1. The number of carbonyl (C=O) groups excluding carboxylic acids is 1. The SMILES string of the molecule is COc1ccc([C@@H](C)NC(=O)c2cccc(Cl)c2)cc1. The van der Waals surface area contributed by atoms with Crippen LogP contribution in [0.2, 0.25) is 5.02 Å². The van der Waals surface area contributed by atoms with Crippen LogP contribution >= 0.6 is 11.6 Å². The molecule has 0 saturated heterocycles. The molecule has 1 atom stereocenters. The van der Waals surface area contributed by atoms with Crippen molar-refractivity contribution in [2.75, 3.05) is 7.11 Å². The van der Waals surface area contributed by atoms with Gasteiger partial charge in [-0.1, -0.05) is 29.8 Å². The zero-order valence-corrected chi connectivity index (χ0v) is 12.1. The Morgan fingerprint density at radius 2 is 1.90 bits per heavy atom.